The number of H-pyrrole nitrogens is 1. The van der Waals surface area contributed by atoms with Crippen LogP contribution in [0.2, 0.25) is 0 Å². The van der Waals surface area contributed by atoms with E-state index in [9.17, 15) is 4.79 Å². The lowest BCUT2D eigenvalue weighted by Crippen LogP contribution is -2.05. The average molecular weight is 288 g/mol. The highest BCUT2D eigenvalue weighted by molar-refractivity contribution is 7.44. The summed E-state index contributed by atoms with van der Waals surface area (Å²) in [5, 5.41) is 2.70. The summed E-state index contributed by atoms with van der Waals surface area (Å²) in [6.07, 6.45) is 0. The molecule has 9 heteroatoms. The largest absolute Gasteiger partial charge is 0.366 e. The fourth-order valence-corrected chi connectivity index (χ4v) is 4.18. The Morgan fingerprint density at radius 2 is 2.29 bits per heavy atom. The summed E-state index contributed by atoms with van der Waals surface area (Å²) in [5.41, 5.74) is 0.757. The number of aromatic nitrogens is 3. The normalized spacial score (nSPS) is 11.1. The summed E-state index contributed by atoms with van der Waals surface area (Å²) in [5.74, 6) is 0.639. The molecule has 1 aromatic carbocycles. The van der Waals surface area contributed by atoms with Crippen molar-refractivity contribution in [2.45, 2.75) is 6.92 Å². The molecular formula is C8H11N4O2P3. The Hall–Kier alpha value is -1.21. The first-order valence-electron chi connectivity index (χ1n) is 4.76. The third-order valence-corrected chi connectivity index (χ3v) is 4.50. The molecule has 90 valence electrons. The van der Waals surface area contributed by atoms with Crippen LogP contribution in [0.15, 0.2) is 24.3 Å². The van der Waals surface area contributed by atoms with E-state index in [0.29, 0.717) is 17.0 Å². The molecule has 0 bridgehead atoms. The number of nitrogens with zero attached hydrogens (tertiary/aromatic N) is 2. The Labute approximate surface area is 103 Å². The van der Waals surface area contributed by atoms with E-state index in [2.05, 4.69) is 14.3 Å². The minimum Gasteiger partial charge on any atom is -0.366 e. The molecule has 17 heavy (non-hydrogen) atoms. The van der Waals surface area contributed by atoms with E-state index in [4.69, 9.17) is 4.84 Å². The average Bonchev–Trinajstić information content (AvgIpc) is 2.32. The van der Waals surface area contributed by atoms with Gasteiger partial charge in [0.05, 0.1) is 8.51 Å². The molecule has 0 fully saturated rings. The van der Waals surface area contributed by atoms with Gasteiger partial charge in [0.2, 0.25) is 5.91 Å². The second-order valence-electron chi connectivity index (χ2n) is 3.11. The maximum atomic E-state index is 10.8. The van der Waals surface area contributed by atoms with E-state index in [1.165, 1.54) is 6.92 Å². The quantitative estimate of drug-likeness (QED) is 0.912. The first-order valence-corrected chi connectivity index (χ1v) is 7.45. The van der Waals surface area contributed by atoms with Crippen molar-refractivity contribution >= 4 is 37.1 Å². The minimum atomic E-state index is -0.0845. The monoisotopic (exact) mass is 288 g/mol. The van der Waals surface area contributed by atoms with Gasteiger partial charge in [-0.1, -0.05) is 0 Å². The Balaban J connectivity index is 2.06. The smallest absolute Gasteiger partial charge is 0.221 e. The second kappa shape index (κ2) is 5.92. The van der Waals surface area contributed by atoms with Crippen molar-refractivity contribution in [2.75, 3.05) is 5.32 Å². The maximum Gasteiger partial charge on any atom is 0.221 e. The number of aromatic amines is 1. The van der Waals surface area contributed by atoms with E-state index in [1.54, 1.807) is 16.4 Å². The van der Waals surface area contributed by atoms with Crippen LogP contribution in [0.25, 0.3) is 0 Å². The molecule has 0 saturated heterocycles. The van der Waals surface area contributed by atoms with Gasteiger partial charge in [0.15, 0.2) is 14.3 Å². The van der Waals surface area contributed by atoms with E-state index in [0.717, 1.165) is 19.9 Å². The minimum absolute atomic E-state index is 0.0845. The van der Waals surface area contributed by atoms with Crippen molar-refractivity contribution in [1.82, 2.24) is 13.3 Å². The molecule has 1 amide bonds. The highest BCUT2D eigenvalue weighted by atomic mass is 31.1. The summed E-state index contributed by atoms with van der Waals surface area (Å²) in [6.45, 7) is 1.48. The summed E-state index contributed by atoms with van der Waals surface area (Å²) >= 11 is 0. The highest BCUT2D eigenvalue weighted by Crippen LogP contribution is 2.19. The van der Waals surface area contributed by atoms with Crippen molar-refractivity contribution < 1.29 is 9.63 Å². The van der Waals surface area contributed by atoms with Crippen LogP contribution in [0.3, 0.4) is 0 Å². The van der Waals surface area contributed by atoms with Gasteiger partial charge in [-0.3, -0.25) is 4.79 Å². The highest BCUT2D eigenvalue weighted by Gasteiger charge is 1.98. The van der Waals surface area contributed by atoms with Gasteiger partial charge in [0, 0.05) is 21.1 Å². The fourth-order valence-electron chi connectivity index (χ4n) is 1.13. The van der Waals surface area contributed by atoms with Crippen molar-refractivity contribution in [3.63, 3.8) is 0 Å². The van der Waals surface area contributed by atoms with Gasteiger partial charge in [-0.25, -0.2) is 0 Å². The Morgan fingerprint density at radius 1 is 1.53 bits per heavy atom. The van der Waals surface area contributed by atoms with Crippen LogP contribution in [-0.4, -0.2) is 19.2 Å². The van der Waals surface area contributed by atoms with Crippen LogP contribution < -0.4 is 10.2 Å². The lowest BCUT2D eigenvalue weighted by atomic mass is 10.3. The number of hydrogen-bond donors (Lipinski definition) is 2. The zero-order valence-electron chi connectivity index (χ0n) is 8.97. The molecule has 0 aliphatic rings. The van der Waals surface area contributed by atoms with Crippen molar-refractivity contribution in [3.8, 4) is 5.75 Å². The van der Waals surface area contributed by atoms with Crippen LogP contribution in [0, 0.1) is 0 Å². The Kier molecular flexibility index (Phi) is 4.27. The molecule has 1 heterocycles. The standard InChI is InChI=1S/C8H11N4O2P3/c1-6(13)9-7-2-4-8(5-3-7)14-12-16-10-15-11-17-12/h2-5,10,15-16H,1H3,(H,9,13). The lowest BCUT2D eigenvalue weighted by molar-refractivity contribution is -0.114. The predicted octanol–water partition coefficient (Wildman–Crippen LogP) is 2.78. The predicted molar refractivity (Wildman–Crippen MR) is 72.5 cm³/mol. The topological polar surface area (TPSA) is 71.9 Å². The van der Waals surface area contributed by atoms with Crippen molar-refractivity contribution in [1.29, 1.82) is 0 Å². The molecule has 2 aromatic rings. The maximum absolute atomic E-state index is 10.8. The first kappa shape index (κ1) is 12.3. The zero-order valence-corrected chi connectivity index (χ0v) is 11.9. The van der Waals surface area contributed by atoms with Crippen molar-refractivity contribution in [2.24, 2.45) is 0 Å². The number of rotatable bonds is 3. The molecule has 0 spiro atoms. The van der Waals surface area contributed by atoms with Crippen LogP contribution in [0.4, 0.5) is 5.69 Å². The van der Waals surface area contributed by atoms with Gasteiger partial charge in [0.25, 0.3) is 0 Å². The van der Waals surface area contributed by atoms with E-state index in [1.807, 2.05) is 12.1 Å². The molecule has 2 N–H and O–H groups in total. The third-order valence-electron chi connectivity index (χ3n) is 1.75. The SMILES string of the molecule is CC(=O)Nc1ccc(On2pn[pH][nH][pH]2)cc1. The Bertz CT molecular complexity index is 508. The van der Waals surface area contributed by atoms with Crippen LogP contribution in [0.5, 0.6) is 5.75 Å². The molecule has 2 atom stereocenters. The number of carbonyl (C=O) groups excluding carboxylic acids is 1. The van der Waals surface area contributed by atoms with E-state index in [-0.39, 0.29) is 5.91 Å². The first-order chi connectivity index (χ1) is 8.24. The molecule has 0 aliphatic carbocycles. The molecular weight excluding hydrogens is 277 g/mol. The van der Waals surface area contributed by atoms with Gasteiger partial charge in [-0.05, 0) is 24.3 Å². The van der Waals surface area contributed by atoms with Gasteiger partial charge < -0.3 is 14.7 Å². The molecule has 6 nitrogen and oxygen atoms in total. The number of nitrogens with one attached hydrogen (secondary N) is 2. The van der Waals surface area contributed by atoms with Crippen LogP contribution >= 0.6 is 25.5 Å². The number of carbonyl (C=O) groups is 1. The molecule has 0 saturated carbocycles. The van der Waals surface area contributed by atoms with Crippen molar-refractivity contribution in [3.05, 3.63) is 24.3 Å². The third kappa shape index (κ3) is 3.94. The molecule has 0 radical (unpaired) electrons. The second-order valence-corrected chi connectivity index (χ2v) is 6.68. The summed E-state index contributed by atoms with van der Waals surface area (Å²) in [4.78, 5) is 16.4. The van der Waals surface area contributed by atoms with Gasteiger partial charge in [-0.15, -0.1) is 4.26 Å². The molecule has 2 unspecified atom stereocenters. The molecule has 2 rings (SSSR count). The van der Waals surface area contributed by atoms with Gasteiger partial charge in [-0.2, -0.15) is 4.51 Å². The fraction of sp³-hybridized carbons (Fsp3) is 0.125. The summed E-state index contributed by atoms with van der Waals surface area (Å²) in [7, 11) is 1.68. The summed E-state index contributed by atoms with van der Waals surface area (Å²) in [6, 6.07) is 7.21. The summed E-state index contributed by atoms with van der Waals surface area (Å²) < 4.78 is 9.00. The Morgan fingerprint density at radius 3 is 2.88 bits per heavy atom. The number of benzene rings is 1. The van der Waals surface area contributed by atoms with E-state index < -0.39 is 0 Å². The van der Waals surface area contributed by atoms with Gasteiger partial charge in [0.1, 0.15) is 0 Å². The molecule has 0 aliphatic heterocycles. The lowest BCUT2D eigenvalue weighted by Gasteiger charge is -2.07. The zero-order chi connectivity index (χ0) is 12.1. The van der Waals surface area contributed by atoms with Gasteiger partial charge >= 0.3 is 0 Å². The van der Waals surface area contributed by atoms with Crippen LogP contribution in [0.1, 0.15) is 6.92 Å². The number of anilines is 1. The number of amides is 1. The number of hydrogen-bond acceptors (Lipinski definition) is 3. The molecule has 1 aromatic heterocycles. The van der Waals surface area contributed by atoms with Crippen LogP contribution in [-0.2, 0) is 4.79 Å². The van der Waals surface area contributed by atoms with E-state index >= 15 is 0 Å².